The lowest BCUT2D eigenvalue weighted by molar-refractivity contribution is -0.192. The molecule has 2 aromatic carbocycles. The highest BCUT2D eigenvalue weighted by atomic mass is 35.5. The second-order valence-electron chi connectivity index (χ2n) is 9.04. The number of nitrogens with one attached hydrogen (secondary N) is 1. The number of phenols is 1. The van der Waals surface area contributed by atoms with Gasteiger partial charge in [0.05, 0.1) is 5.56 Å². The van der Waals surface area contributed by atoms with E-state index in [0.717, 1.165) is 48.7 Å². The average Bonchev–Trinajstić information content (AvgIpc) is 3.20. The molecule has 0 saturated carbocycles. The van der Waals surface area contributed by atoms with E-state index in [1.165, 1.54) is 25.2 Å². The number of aliphatic hydroxyl groups excluding tert-OH is 1. The predicted molar refractivity (Wildman–Crippen MR) is 131 cm³/mol. The summed E-state index contributed by atoms with van der Waals surface area (Å²) in [5.74, 6) is -1.91. The van der Waals surface area contributed by atoms with Crippen LogP contribution in [0.3, 0.4) is 0 Å². The second-order valence-corrected chi connectivity index (χ2v) is 9.48. The molecule has 4 N–H and O–H groups in total. The van der Waals surface area contributed by atoms with Gasteiger partial charge in [-0.05, 0) is 35.9 Å². The number of hydrogen-bond acceptors (Lipinski definition) is 7. The summed E-state index contributed by atoms with van der Waals surface area (Å²) >= 11 is 6.11. The number of rotatable bonds is 6. The van der Waals surface area contributed by atoms with E-state index in [9.17, 15) is 28.2 Å². The van der Waals surface area contributed by atoms with Gasteiger partial charge in [-0.2, -0.15) is 13.2 Å². The van der Waals surface area contributed by atoms with Gasteiger partial charge < -0.3 is 35.0 Å². The second kappa shape index (κ2) is 12.1. The largest absolute Gasteiger partial charge is 0.508 e. The lowest BCUT2D eigenvalue weighted by atomic mass is 9.87. The van der Waals surface area contributed by atoms with Crippen LogP contribution in [0.4, 0.5) is 13.2 Å². The van der Waals surface area contributed by atoms with Crippen molar-refractivity contribution in [1.29, 1.82) is 0 Å². The van der Waals surface area contributed by atoms with Crippen LogP contribution in [-0.4, -0.2) is 83.3 Å². The standard InChI is InChI=1S/C23H27ClN2O5.C2HF3O2/c1-25-22(29)19-4-3-17(27)11-21(19)30-14-18(28)13-26-8-6-23(7-9-26)12-15-10-16(24)2-5-20(15)31-23;3-2(4,5)1(6)7/h2-5,10-11,18,27-28H,6-9,12-14H2,1H3,(H,25,29);(H,6,7)/t18-;/m0./s1. The molecule has 208 valence electrons. The number of nitrogens with zero attached hydrogens (tertiary/aromatic N) is 1. The fourth-order valence-electron chi connectivity index (χ4n) is 4.31. The molecule has 2 aliphatic rings. The Balaban J connectivity index is 0.000000505. The number of piperidine rings is 1. The number of ether oxygens (including phenoxy) is 2. The number of benzene rings is 2. The summed E-state index contributed by atoms with van der Waals surface area (Å²) in [7, 11) is 1.53. The van der Waals surface area contributed by atoms with Crippen molar-refractivity contribution in [1.82, 2.24) is 10.2 Å². The van der Waals surface area contributed by atoms with Crippen molar-refractivity contribution < 1.29 is 47.6 Å². The van der Waals surface area contributed by atoms with Crippen LogP contribution in [0, 0.1) is 0 Å². The molecule has 9 nitrogen and oxygen atoms in total. The Morgan fingerprint density at radius 3 is 2.47 bits per heavy atom. The zero-order valence-electron chi connectivity index (χ0n) is 20.4. The highest BCUT2D eigenvalue weighted by molar-refractivity contribution is 6.30. The SMILES string of the molecule is CNC(=O)c1ccc(O)cc1OC[C@@H](O)CN1CCC2(CC1)Cc1cc(Cl)ccc1O2.O=C(O)C(F)(F)F. The van der Waals surface area contributed by atoms with E-state index in [4.69, 9.17) is 31.0 Å². The minimum Gasteiger partial charge on any atom is -0.508 e. The van der Waals surface area contributed by atoms with Gasteiger partial charge in [0, 0.05) is 57.0 Å². The van der Waals surface area contributed by atoms with E-state index in [-0.39, 0.29) is 29.6 Å². The molecule has 38 heavy (non-hydrogen) atoms. The van der Waals surface area contributed by atoms with Gasteiger partial charge in [-0.1, -0.05) is 11.6 Å². The Morgan fingerprint density at radius 1 is 1.21 bits per heavy atom. The first-order valence-corrected chi connectivity index (χ1v) is 12.1. The van der Waals surface area contributed by atoms with Crippen molar-refractivity contribution in [3.63, 3.8) is 0 Å². The molecule has 2 aromatic rings. The summed E-state index contributed by atoms with van der Waals surface area (Å²) in [6.07, 6.45) is -3.20. The van der Waals surface area contributed by atoms with Crippen LogP contribution in [0.25, 0.3) is 0 Å². The number of phenolic OH excluding ortho intramolecular Hbond substituents is 1. The number of carbonyl (C=O) groups is 2. The Hall–Kier alpha value is -3.22. The zero-order valence-corrected chi connectivity index (χ0v) is 21.2. The van der Waals surface area contributed by atoms with Gasteiger partial charge in [0.1, 0.15) is 35.6 Å². The van der Waals surface area contributed by atoms with Gasteiger partial charge in [0.2, 0.25) is 0 Å². The van der Waals surface area contributed by atoms with Crippen LogP contribution >= 0.6 is 11.6 Å². The minimum absolute atomic E-state index is 0.00248. The average molecular weight is 561 g/mol. The first kappa shape index (κ1) is 29.3. The maximum absolute atomic E-state index is 12.0. The number of β-amino-alcohol motifs (C(OH)–C–C–N with tert-alkyl or cyclic N) is 1. The maximum Gasteiger partial charge on any atom is 0.490 e. The van der Waals surface area contributed by atoms with Crippen LogP contribution in [0.5, 0.6) is 17.2 Å². The Bertz CT molecular complexity index is 1150. The Labute approximate surface area is 221 Å². The normalized spacial score (nSPS) is 17.0. The van der Waals surface area contributed by atoms with Gasteiger partial charge >= 0.3 is 12.1 Å². The molecule has 0 bridgehead atoms. The van der Waals surface area contributed by atoms with E-state index in [1.54, 1.807) is 0 Å². The lowest BCUT2D eigenvalue weighted by Crippen LogP contribution is -2.49. The summed E-state index contributed by atoms with van der Waals surface area (Å²) < 4.78 is 43.7. The van der Waals surface area contributed by atoms with Gasteiger partial charge in [0.15, 0.2) is 0 Å². The maximum atomic E-state index is 12.0. The fraction of sp³-hybridized carbons (Fsp3) is 0.440. The number of likely N-dealkylation sites (tertiary alicyclic amines) is 1. The topological polar surface area (TPSA) is 129 Å². The number of carboxylic acid groups (broad SMARTS) is 1. The first-order valence-electron chi connectivity index (χ1n) is 11.7. The molecule has 0 aliphatic carbocycles. The number of aliphatic carboxylic acids is 1. The van der Waals surface area contributed by atoms with Crippen LogP contribution in [0.2, 0.25) is 5.02 Å². The number of aliphatic hydroxyl groups is 1. The van der Waals surface area contributed by atoms with E-state index in [2.05, 4.69) is 10.2 Å². The number of amides is 1. The number of fused-ring (bicyclic) bond motifs is 1. The Morgan fingerprint density at radius 2 is 1.87 bits per heavy atom. The number of alkyl halides is 3. The summed E-state index contributed by atoms with van der Waals surface area (Å²) in [6.45, 7) is 2.11. The third-order valence-corrected chi connectivity index (χ3v) is 6.44. The fourth-order valence-corrected chi connectivity index (χ4v) is 4.51. The molecule has 1 spiro atoms. The number of aromatic hydroxyl groups is 1. The molecule has 2 heterocycles. The highest BCUT2D eigenvalue weighted by Gasteiger charge is 2.42. The summed E-state index contributed by atoms with van der Waals surface area (Å²) in [4.78, 5) is 23.1. The minimum atomic E-state index is -5.08. The number of halogens is 4. The van der Waals surface area contributed by atoms with Crippen molar-refractivity contribution in [2.24, 2.45) is 0 Å². The molecule has 0 radical (unpaired) electrons. The van der Waals surface area contributed by atoms with E-state index < -0.39 is 18.2 Å². The predicted octanol–water partition coefficient (Wildman–Crippen LogP) is 3.25. The third-order valence-electron chi connectivity index (χ3n) is 6.21. The van der Waals surface area contributed by atoms with Gasteiger partial charge in [-0.15, -0.1) is 0 Å². The summed E-state index contributed by atoms with van der Waals surface area (Å²) in [5, 5.41) is 30.6. The van der Waals surface area contributed by atoms with Gasteiger partial charge in [0.25, 0.3) is 5.91 Å². The van der Waals surface area contributed by atoms with Crippen molar-refractivity contribution in [2.45, 2.75) is 37.1 Å². The van der Waals surface area contributed by atoms with Crippen molar-refractivity contribution in [2.75, 3.05) is 33.3 Å². The van der Waals surface area contributed by atoms with Crippen LogP contribution in [0.15, 0.2) is 36.4 Å². The molecule has 1 fully saturated rings. The van der Waals surface area contributed by atoms with E-state index in [0.29, 0.717) is 12.1 Å². The van der Waals surface area contributed by atoms with Crippen LogP contribution < -0.4 is 14.8 Å². The van der Waals surface area contributed by atoms with Crippen molar-refractivity contribution >= 4 is 23.5 Å². The molecule has 0 unspecified atom stereocenters. The van der Waals surface area contributed by atoms with E-state index >= 15 is 0 Å². The first-order chi connectivity index (χ1) is 17.8. The quantitative estimate of drug-likeness (QED) is 0.424. The monoisotopic (exact) mass is 560 g/mol. The Kier molecular flexibility index (Phi) is 9.34. The molecule has 1 amide bonds. The van der Waals surface area contributed by atoms with Gasteiger partial charge in [-0.3, -0.25) is 4.79 Å². The van der Waals surface area contributed by atoms with Gasteiger partial charge in [-0.25, -0.2) is 4.79 Å². The molecular weight excluding hydrogens is 533 g/mol. The highest BCUT2D eigenvalue weighted by Crippen LogP contribution is 2.42. The molecule has 2 aliphatic heterocycles. The molecule has 13 heteroatoms. The summed E-state index contributed by atoms with van der Waals surface area (Å²) in [6, 6.07) is 10.1. The van der Waals surface area contributed by atoms with Crippen molar-refractivity contribution in [3.8, 4) is 17.2 Å². The number of carboxylic acids is 1. The molecule has 4 rings (SSSR count). The zero-order chi connectivity index (χ0) is 28.1. The van der Waals surface area contributed by atoms with Crippen LogP contribution in [-0.2, 0) is 11.2 Å². The number of hydrogen-bond donors (Lipinski definition) is 4. The van der Waals surface area contributed by atoms with Crippen molar-refractivity contribution in [3.05, 3.63) is 52.5 Å². The molecule has 0 aromatic heterocycles. The smallest absolute Gasteiger partial charge is 0.490 e. The van der Waals surface area contributed by atoms with E-state index in [1.807, 2.05) is 18.2 Å². The summed E-state index contributed by atoms with van der Waals surface area (Å²) in [5.41, 5.74) is 1.28. The third kappa shape index (κ3) is 7.65. The molecule has 1 atom stereocenters. The number of carbonyl (C=O) groups excluding carboxylic acids is 1. The van der Waals surface area contributed by atoms with Crippen LogP contribution in [0.1, 0.15) is 28.8 Å². The molecule has 1 saturated heterocycles. The molecular formula is C25H28ClF3N2O7. The lowest BCUT2D eigenvalue weighted by Gasteiger charge is -2.39.